The predicted octanol–water partition coefficient (Wildman–Crippen LogP) is 4.55. The van der Waals surface area contributed by atoms with E-state index in [0.717, 1.165) is 16.5 Å². The van der Waals surface area contributed by atoms with Crippen LogP contribution >= 0.6 is 0 Å². The van der Waals surface area contributed by atoms with Crippen molar-refractivity contribution in [3.63, 3.8) is 0 Å². The van der Waals surface area contributed by atoms with Crippen molar-refractivity contribution >= 4 is 39.5 Å². The SMILES string of the molecule is COc1cc2c(N)nc(N3CCN(C(=O)c4cc5ccccc5[nH]4)CC3c3ccccc3)nc2c(F)c1OC. The van der Waals surface area contributed by atoms with Gasteiger partial charge < -0.3 is 30.0 Å². The lowest BCUT2D eigenvalue weighted by Crippen LogP contribution is -2.51. The number of nitrogens with one attached hydrogen (secondary N) is 1. The van der Waals surface area contributed by atoms with Crippen molar-refractivity contribution < 1.29 is 18.7 Å². The Bertz CT molecular complexity index is 1660. The fraction of sp³-hybridized carbons (Fsp3) is 0.207. The number of piperazine rings is 1. The van der Waals surface area contributed by atoms with Crippen LogP contribution in [0.2, 0.25) is 0 Å². The number of hydrogen-bond acceptors (Lipinski definition) is 7. The number of nitrogens with two attached hydrogens (primary N) is 1. The van der Waals surface area contributed by atoms with Crippen LogP contribution in [0.4, 0.5) is 16.2 Å². The van der Waals surface area contributed by atoms with Crippen molar-refractivity contribution in [2.45, 2.75) is 6.04 Å². The number of nitrogen functional groups attached to an aromatic ring is 1. The lowest BCUT2D eigenvalue weighted by molar-refractivity contribution is 0.0716. The molecule has 3 heterocycles. The van der Waals surface area contributed by atoms with Gasteiger partial charge in [0, 0.05) is 35.9 Å². The van der Waals surface area contributed by atoms with Gasteiger partial charge in [-0.05, 0) is 23.8 Å². The quantitative estimate of drug-likeness (QED) is 0.346. The Kier molecular flexibility index (Phi) is 6.14. The van der Waals surface area contributed by atoms with Crippen LogP contribution in [0, 0.1) is 5.82 Å². The zero-order valence-corrected chi connectivity index (χ0v) is 21.5. The highest BCUT2D eigenvalue weighted by Gasteiger charge is 2.34. The molecule has 1 fully saturated rings. The molecule has 1 amide bonds. The lowest BCUT2D eigenvalue weighted by Gasteiger charge is -2.41. The molecule has 0 bridgehead atoms. The number of rotatable bonds is 5. The maximum atomic E-state index is 15.5. The number of benzene rings is 3. The van der Waals surface area contributed by atoms with Crippen molar-refractivity contribution in [3.05, 3.63) is 83.8 Å². The summed E-state index contributed by atoms with van der Waals surface area (Å²) in [4.78, 5) is 29.7. The van der Waals surface area contributed by atoms with Crippen LogP contribution in [0.3, 0.4) is 0 Å². The second-order valence-corrected chi connectivity index (χ2v) is 9.37. The van der Waals surface area contributed by atoms with Gasteiger partial charge in [0.15, 0.2) is 17.3 Å². The largest absolute Gasteiger partial charge is 0.493 e. The average molecular weight is 527 g/mol. The molecule has 2 aromatic heterocycles. The highest BCUT2D eigenvalue weighted by Crippen LogP contribution is 2.39. The topological polar surface area (TPSA) is 110 Å². The molecule has 0 radical (unpaired) electrons. The number of para-hydroxylation sites is 1. The van der Waals surface area contributed by atoms with Crippen molar-refractivity contribution in [3.8, 4) is 11.5 Å². The first-order valence-electron chi connectivity index (χ1n) is 12.5. The number of amides is 1. The number of carbonyl (C=O) groups is 1. The van der Waals surface area contributed by atoms with Gasteiger partial charge in [-0.25, -0.2) is 9.37 Å². The molecule has 6 rings (SSSR count). The van der Waals surface area contributed by atoms with E-state index in [4.69, 9.17) is 15.2 Å². The molecule has 9 nitrogen and oxygen atoms in total. The number of halogens is 1. The van der Waals surface area contributed by atoms with Crippen molar-refractivity contribution in [2.24, 2.45) is 0 Å². The number of aromatic amines is 1. The first kappa shape index (κ1) is 24.5. The summed E-state index contributed by atoms with van der Waals surface area (Å²) in [5.41, 5.74) is 8.77. The molecular formula is C29H27FN6O3. The summed E-state index contributed by atoms with van der Waals surface area (Å²) in [7, 11) is 2.79. The van der Waals surface area contributed by atoms with Gasteiger partial charge >= 0.3 is 0 Å². The molecule has 0 aliphatic carbocycles. The van der Waals surface area contributed by atoms with E-state index in [1.54, 1.807) is 6.07 Å². The normalized spacial score (nSPS) is 15.6. The molecule has 1 aliphatic rings. The molecule has 10 heteroatoms. The third-order valence-electron chi connectivity index (χ3n) is 7.16. The van der Waals surface area contributed by atoms with Gasteiger partial charge in [-0.3, -0.25) is 4.79 Å². The van der Waals surface area contributed by atoms with Gasteiger partial charge in [0.05, 0.1) is 20.3 Å². The number of aromatic nitrogens is 3. The fourth-order valence-electron chi connectivity index (χ4n) is 5.19. The van der Waals surface area contributed by atoms with Gasteiger partial charge in [-0.1, -0.05) is 48.5 Å². The molecule has 1 saturated heterocycles. The molecule has 3 N–H and O–H groups in total. The summed E-state index contributed by atoms with van der Waals surface area (Å²) < 4.78 is 26.0. The van der Waals surface area contributed by atoms with Gasteiger partial charge in [-0.15, -0.1) is 0 Å². The van der Waals surface area contributed by atoms with E-state index in [1.165, 1.54) is 14.2 Å². The Labute approximate surface area is 224 Å². The molecule has 5 aromatic rings. The molecule has 1 aliphatic heterocycles. The Morgan fingerprint density at radius 2 is 1.79 bits per heavy atom. The first-order chi connectivity index (χ1) is 19.0. The number of fused-ring (bicyclic) bond motifs is 2. The smallest absolute Gasteiger partial charge is 0.270 e. The number of carbonyl (C=O) groups excluding carboxylic acids is 1. The van der Waals surface area contributed by atoms with Crippen LogP contribution in [0.5, 0.6) is 11.5 Å². The third-order valence-corrected chi connectivity index (χ3v) is 7.16. The summed E-state index contributed by atoms with van der Waals surface area (Å²) >= 11 is 0. The minimum Gasteiger partial charge on any atom is -0.493 e. The Morgan fingerprint density at radius 1 is 1.03 bits per heavy atom. The highest BCUT2D eigenvalue weighted by atomic mass is 19.1. The molecule has 1 unspecified atom stereocenters. The van der Waals surface area contributed by atoms with Crippen molar-refractivity contribution in [2.75, 3.05) is 44.5 Å². The van der Waals surface area contributed by atoms with E-state index in [9.17, 15) is 4.79 Å². The summed E-state index contributed by atoms with van der Waals surface area (Å²) in [6.45, 7) is 1.23. The molecule has 0 spiro atoms. The van der Waals surface area contributed by atoms with E-state index < -0.39 is 5.82 Å². The van der Waals surface area contributed by atoms with E-state index >= 15 is 4.39 Å². The minimum atomic E-state index is -0.675. The number of H-pyrrole nitrogens is 1. The second kappa shape index (κ2) is 9.79. The molecule has 39 heavy (non-hydrogen) atoms. The second-order valence-electron chi connectivity index (χ2n) is 9.37. The number of hydrogen-bond donors (Lipinski definition) is 2. The Balaban J connectivity index is 1.39. The Morgan fingerprint density at radius 3 is 2.54 bits per heavy atom. The van der Waals surface area contributed by atoms with Crippen LogP contribution in [-0.2, 0) is 0 Å². The lowest BCUT2D eigenvalue weighted by atomic mass is 10.0. The first-order valence-corrected chi connectivity index (χ1v) is 12.5. The van der Waals surface area contributed by atoms with Crippen LogP contribution in [0.25, 0.3) is 21.8 Å². The zero-order chi connectivity index (χ0) is 27.1. The molecule has 198 valence electrons. The summed E-state index contributed by atoms with van der Waals surface area (Å²) in [5.74, 6) is -0.213. The van der Waals surface area contributed by atoms with Crippen LogP contribution in [-0.4, -0.2) is 59.6 Å². The van der Waals surface area contributed by atoms with E-state index in [1.807, 2.05) is 70.5 Å². The maximum Gasteiger partial charge on any atom is 0.270 e. The average Bonchev–Trinajstić information content (AvgIpc) is 3.41. The molecule has 3 aromatic carbocycles. The molecule has 1 atom stereocenters. The van der Waals surface area contributed by atoms with E-state index in [2.05, 4.69) is 15.0 Å². The zero-order valence-electron chi connectivity index (χ0n) is 21.5. The number of anilines is 2. The van der Waals surface area contributed by atoms with Crippen LogP contribution in [0.1, 0.15) is 22.1 Å². The van der Waals surface area contributed by atoms with Crippen LogP contribution in [0.15, 0.2) is 66.7 Å². The van der Waals surface area contributed by atoms with E-state index in [-0.39, 0.29) is 40.7 Å². The van der Waals surface area contributed by atoms with Crippen LogP contribution < -0.4 is 20.1 Å². The van der Waals surface area contributed by atoms with Gasteiger partial charge in [0.2, 0.25) is 5.95 Å². The van der Waals surface area contributed by atoms with Gasteiger partial charge in [0.1, 0.15) is 17.0 Å². The standard InChI is InChI=1S/C29H27FN6O3/c1-38-23-15-19-25(24(30)26(23)39-2)33-29(34-27(19)31)36-13-12-35(16-22(36)17-8-4-3-5-9-17)28(37)21-14-18-10-6-7-11-20(18)32-21/h3-11,14-15,22,32H,12-13,16H2,1-2H3,(H2,31,33,34). The van der Waals surface area contributed by atoms with Crippen molar-refractivity contribution in [1.82, 2.24) is 19.9 Å². The monoisotopic (exact) mass is 526 g/mol. The molecule has 0 saturated carbocycles. The fourth-order valence-corrected chi connectivity index (χ4v) is 5.19. The van der Waals surface area contributed by atoms with Gasteiger partial charge in [-0.2, -0.15) is 4.98 Å². The summed E-state index contributed by atoms with van der Waals surface area (Å²) in [6.07, 6.45) is 0. The number of nitrogens with zero attached hydrogens (tertiary/aromatic N) is 4. The minimum absolute atomic E-state index is 0.0403. The third kappa shape index (κ3) is 4.23. The summed E-state index contributed by atoms with van der Waals surface area (Å²) in [5, 5.41) is 1.31. The van der Waals surface area contributed by atoms with Gasteiger partial charge in [0.25, 0.3) is 5.91 Å². The maximum absolute atomic E-state index is 15.5. The van der Waals surface area contributed by atoms with E-state index in [0.29, 0.717) is 30.7 Å². The Hall–Kier alpha value is -4.86. The van der Waals surface area contributed by atoms with Crippen molar-refractivity contribution in [1.29, 1.82) is 0 Å². The number of methoxy groups -OCH3 is 2. The highest BCUT2D eigenvalue weighted by molar-refractivity contribution is 5.98. The predicted molar refractivity (Wildman–Crippen MR) is 148 cm³/mol. The number of ether oxygens (including phenoxy) is 2. The molecular weight excluding hydrogens is 499 g/mol. The summed E-state index contributed by atoms with van der Waals surface area (Å²) in [6, 6.07) is 20.8.